The van der Waals surface area contributed by atoms with Gasteiger partial charge in [0, 0.05) is 18.8 Å². The number of carbonyl (C=O) groups excluding carboxylic acids is 1. The highest BCUT2D eigenvalue weighted by Crippen LogP contribution is 2.22. The van der Waals surface area contributed by atoms with Crippen molar-refractivity contribution in [3.8, 4) is 0 Å². The number of nitrogens with zero attached hydrogens (tertiary/aromatic N) is 2. The van der Waals surface area contributed by atoms with Crippen LogP contribution in [0.15, 0.2) is 28.3 Å². The molecule has 2 aromatic rings. The van der Waals surface area contributed by atoms with E-state index in [0.29, 0.717) is 6.54 Å². The Kier molecular flexibility index (Phi) is 3.56. The zero-order valence-corrected chi connectivity index (χ0v) is 11.2. The van der Waals surface area contributed by atoms with E-state index in [-0.39, 0.29) is 5.78 Å². The van der Waals surface area contributed by atoms with Gasteiger partial charge >= 0.3 is 0 Å². The van der Waals surface area contributed by atoms with Crippen molar-refractivity contribution in [1.29, 1.82) is 0 Å². The standard InChI is InChI=1S/C11H11BrN2OS/c1-2-11-13-5-6-14(11)7-8(15)9-3-4-10(12)16-9/h3-6H,2,7H2,1H3. The summed E-state index contributed by atoms with van der Waals surface area (Å²) in [5.41, 5.74) is 0. The van der Waals surface area contributed by atoms with Crippen molar-refractivity contribution in [3.63, 3.8) is 0 Å². The maximum Gasteiger partial charge on any atom is 0.192 e. The molecule has 0 fully saturated rings. The van der Waals surface area contributed by atoms with Gasteiger partial charge in [0.1, 0.15) is 5.82 Å². The van der Waals surface area contributed by atoms with Crippen LogP contribution in [0, 0.1) is 0 Å². The molecule has 0 amide bonds. The third-order valence-electron chi connectivity index (χ3n) is 2.28. The number of Topliss-reactive ketones (excluding diaryl/α,β-unsaturated/α-hetero) is 1. The lowest BCUT2D eigenvalue weighted by Crippen LogP contribution is -2.11. The summed E-state index contributed by atoms with van der Waals surface area (Å²) < 4.78 is 2.88. The molecule has 84 valence electrons. The Morgan fingerprint density at radius 1 is 1.56 bits per heavy atom. The van der Waals surface area contributed by atoms with E-state index < -0.39 is 0 Å². The van der Waals surface area contributed by atoms with Gasteiger partial charge in [-0.3, -0.25) is 4.79 Å². The summed E-state index contributed by atoms with van der Waals surface area (Å²) in [5.74, 6) is 1.08. The highest BCUT2D eigenvalue weighted by atomic mass is 79.9. The Hall–Kier alpha value is -0.940. The molecule has 2 heterocycles. The molecule has 0 N–H and O–H groups in total. The van der Waals surface area contributed by atoms with Gasteiger partial charge in [0.15, 0.2) is 5.78 Å². The van der Waals surface area contributed by atoms with Crippen LogP contribution in [0.5, 0.6) is 0 Å². The largest absolute Gasteiger partial charge is 0.327 e. The fourth-order valence-corrected chi connectivity index (χ4v) is 2.81. The monoisotopic (exact) mass is 298 g/mol. The van der Waals surface area contributed by atoms with Gasteiger partial charge in [0.25, 0.3) is 0 Å². The fourth-order valence-electron chi connectivity index (χ4n) is 1.50. The lowest BCUT2D eigenvalue weighted by atomic mass is 10.3. The molecule has 2 aromatic heterocycles. The lowest BCUT2D eigenvalue weighted by Gasteiger charge is -2.03. The molecule has 0 atom stereocenters. The Bertz CT molecular complexity index is 504. The van der Waals surface area contributed by atoms with Gasteiger partial charge in [-0.2, -0.15) is 0 Å². The molecule has 0 aliphatic rings. The second-order valence-electron chi connectivity index (χ2n) is 3.35. The minimum absolute atomic E-state index is 0.128. The van der Waals surface area contributed by atoms with Crippen LogP contribution in [0.2, 0.25) is 0 Å². The summed E-state index contributed by atoms with van der Waals surface area (Å²) in [4.78, 5) is 16.9. The smallest absolute Gasteiger partial charge is 0.192 e. The van der Waals surface area contributed by atoms with E-state index in [1.165, 1.54) is 11.3 Å². The molecule has 0 aliphatic carbocycles. The molecule has 5 heteroatoms. The molecule has 16 heavy (non-hydrogen) atoms. The zero-order valence-electron chi connectivity index (χ0n) is 8.81. The molecule has 0 saturated carbocycles. The minimum atomic E-state index is 0.128. The first-order valence-corrected chi connectivity index (χ1v) is 6.60. The summed E-state index contributed by atoms with van der Waals surface area (Å²) in [6, 6.07) is 3.74. The maximum absolute atomic E-state index is 11.9. The summed E-state index contributed by atoms with van der Waals surface area (Å²) in [7, 11) is 0. The number of ketones is 1. The highest BCUT2D eigenvalue weighted by molar-refractivity contribution is 9.11. The minimum Gasteiger partial charge on any atom is -0.327 e. The Labute approximate surface area is 106 Å². The van der Waals surface area contributed by atoms with E-state index in [1.807, 2.05) is 29.8 Å². The van der Waals surface area contributed by atoms with Crippen LogP contribution in [-0.2, 0) is 13.0 Å². The summed E-state index contributed by atoms with van der Waals surface area (Å²) in [5, 5.41) is 0. The SMILES string of the molecule is CCc1nccn1CC(=O)c1ccc(Br)s1. The first kappa shape index (κ1) is 11.5. The quantitative estimate of drug-likeness (QED) is 0.813. The van der Waals surface area contributed by atoms with E-state index in [2.05, 4.69) is 20.9 Å². The van der Waals surface area contributed by atoms with Crippen molar-refractivity contribution in [2.24, 2.45) is 0 Å². The van der Waals surface area contributed by atoms with Crippen LogP contribution in [0.1, 0.15) is 22.4 Å². The number of thiophene rings is 1. The highest BCUT2D eigenvalue weighted by Gasteiger charge is 2.11. The van der Waals surface area contributed by atoms with E-state index in [1.54, 1.807) is 6.20 Å². The summed E-state index contributed by atoms with van der Waals surface area (Å²) >= 11 is 4.82. The third kappa shape index (κ3) is 2.41. The predicted molar refractivity (Wildman–Crippen MR) is 68.0 cm³/mol. The molecule has 0 unspecified atom stereocenters. The van der Waals surface area contributed by atoms with Crippen LogP contribution in [0.25, 0.3) is 0 Å². The molecule has 0 saturated heterocycles. The fraction of sp³-hybridized carbons (Fsp3) is 0.273. The van der Waals surface area contributed by atoms with E-state index >= 15 is 0 Å². The van der Waals surface area contributed by atoms with Crippen molar-refractivity contribution in [2.75, 3.05) is 0 Å². The molecule has 2 rings (SSSR count). The van der Waals surface area contributed by atoms with E-state index in [0.717, 1.165) is 20.9 Å². The average Bonchev–Trinajstić information content (AvgIpc) is 2.86. The van der Waals surface area contributed by atoms with Crippen molar-refractivity contribution >= 4 is 33.0 Å². The number of rotatable bonds is 4. The second-order valence-corrected chi connectivity index (χ2v) is 5.81. The first-order valence-electron chi connectivity index (χ1n) is 4.99. The van der Waals surface area contributed by atoms with Gasteiger partial charge in [-0.15, -0.1) is 11.3 Å². The van der Waals surface area contributed by atoms with Crippen LogP contribution in [-0.4, -0.2) is 15.3 Å². The van der Waals surface area contributed by atoms with E-state index in [9.17, 15) is 4.79 Å². The third-order valence-corrected chi connectivity index (χ3v) is 3.94. The Balaban J connectivity index is 2.13. The van der Waals surface area contributed by atoms with Gasteiger partial charge < -0.3 is 4.57 Å². The van der Waals surface area contributed by atoms with Gasteiger partial charge in [-0.05, 0) is 28.1 Å². The molecular weight excluding hydrogens is 288 g/mol. The molecule has 0 radical (unpaired) electrons. The number of carbonyl (C=O) groups is 1. The zero-order chi connectivity index (χ0) is 11.5. The maximum atomic E-state index is 11.9. The van der Waals surface area contributed by atoms with Crippen molar-refractivity contribution in [1.82, 2.24) is 9.55 Å². The average molecular weight is 299 g/mol. The van der Waals surface area contributed by atoms with Gasteiger partial charge in [-0.1, -0.05) is 6.92 Å². The molecule has 0 aromatic carbocycles. The molecule has 0 spiro atoms. The molecular formula is C11H11BrN2OS. The van der Waals surface area contributed by atoms with Crippen molar-refractivity contribution in [2.45, 2.75) is 19.9 Å². The van der Waals surface area contributed by atoms with Crippen LogP contribution >= 0.6 is 27.3 Å². The second kappa shape index (κ2) is 4.93. The molecule has 0 bridgehead atoms. The van der Waals surface area contributed by atoms with Crippen molar-refractivity contribution < 1.29 is 4.79 Å². The number of halogens is 1. The topological polar surface area (TPSA) is 34.9 Å². The molecule has 3 nitrogen and oxygen atoms in total. The number of aromatic nitrogens is 2. The number of hydrogen-bond acceptors (Lipinski definition) is 3. The first-order chi connectivity index (χ1) is 7.70. The summed E-state index contributed by atoms with van der Waals surface area (Å²) in [6.45, 7) is 2.40. The van der Waals surface area contributed by atoms with Gasteiger partial charge in [0.05, 0.1) is 15.2 Å². The Morgan fingerprint density at radius 2 is 2.38 bits per heavy atom. The van der Waals surface area contributed by atoms with Gasteiger partial charge in [0.2, 0.25) is 0 Å². The number of aryl methyl sites for hydroxylation is 1. The molecule has 0 aliphatic heterocycles. The van der Waals surface area contributed by atoms with Crippen LogP contribution in [0.4, 0.5) is 0 Å². The normalized spacial score (nSPS) is 10.6. The Morgan fingerprint density at radius 3 is 3.00 bits per heavy atom. The summed E-state index contributed by atoms with van der Waals surface area (Å²) in [6.07, 6.45) is 4.42. The lowest BCUT2D eigenvalue weighted by molar-refractivity contribution is 0.0975. The van der Waals surface area contributed by atoms with Crippen molar-refractivity contribution in [3.05, 3.63) is 39.0 Å². The van der Waals surface area contributed by atoms with E-state index in [4.69, 9.17) is 0 Å². The van der Waals surface area contributed by atoms with Gasteiger partial charge in [-0.25, -0.2) is 4.98 Å². The predicted octanol–water partition coefficient (Wildman–Crippen LogP) is 3.15. The number of imidazole rings is 1. The van der Waals surface area contributed by atoms with Crippen LogP contribution in [0.3, 0.4) is 0 Å². The number of hydrogen-bond donors (Lipinski definition) is 0. The van der Waals surface area contributed by atoms with Crippen LogP contribution < -0.4 is 0 Å².